The Kier molecular flexibility index (Phi) is 4.54. The highest BCUT2D eigenvalue weighted by Crippen LogP contribution is 2.21. The molecule has 0 saturated heterocycles. The lowest BCUT2D eigenvalue weighted by Crippen LogP contribution is -2.08. The van der Waals surface area contributed by atoms with Gasteiger partial charge in [0, 0.05) is 6.42 Å². The number of carbonyl (C=O) groups is 1. The van der Waals surface area contributed by atoms with Crippen LogP contribution in [0.1, 0.15) is 33.1 Å². The van der Waals surface area contributed by atoms with Crippen molar-refractivity contribution in [3.63, 3.8) is 0 Å². The summed E-state index contributed by atoms with van der Waals surface area (Å²) in [4.78, 5) is 11.4. The first kappa shape index (κ1) is 12.0. The van der Waals surface area contributed by atoms with Crippen LogP contribution in [0.4, 0.5) is 0 Å². The van der Waals surface area contributed by atoms with Crippen molar-refractivity contribution in [3.05, 3.63) is 36.5 Å². The third-order valence-electron chi connectivity index (χ3n) is 2.84. The minimum absolute atomic E-state index is 0.240. The number of hydrogen-bond acceptors (Lipinski definition) is 1. The van der Waals surface area contributed by atoms with Gasteiger partial charge in [-0.15, -0.1) is 0 Å². The fraction of sp³-hybridized carbons (Fsp3) is 0.500. The van der Waals surface area contributed by atoms with Crippen LogP contribution in [0.3, 0.4) is 0 Å². The van der Waals surface area contributed by atoms with Gasteiger partial charge in [0.25, 0.3) is 0 Å². The largest absolute Gasteiger partial charge is 0.295 e. The van der Waals surface area contributed by atoms with Crippen molar-refractivity contribution in [1.29, 1.82) is 0 Å². The molecule has 1 aliphatic carbocycles. The molecule has 15 heavy (non-hydrogen) atoms. The van der Waals surface area contributed by atoms with Crippen LogP contribution < -0.4 is 0 Å². The fourth-order valence-corrected chi connectivity index (χ4v) is 1.71. The van der Waals surface area contributed by atoms with E-state index in [1.807, 2.05) is 6.08 Å². The van der Waals surface area contributed by atoms with Crippen molar-refractivity contribution >= 4 is 5.78 Å². The molecule has 1 atom stereocenters. The molecule has 0 unspecified atom stereocenters. The highest BCUT2D eigenvalue weighted by atomic mass is 16.1. The van der Waals surface area contributed by atoms with Gasteiger partial charge in [0.1, 0.15) is 0 Å². The van der Waals surface area contributed by atoms with Crippen molar-refractivity contribution in [3.8, 4) is 0 Å². The number of rotatable bonds is 1. The summed E-state index contributed by atoms with van der Waals surface area (Å²) in [5.41, 5.74) is 1.08. The summed E-state index contributed by atoms with van der Waals surface area (Å²) in [6.45, 7) is 8.35. The normalized spacial score (nSPS) is 27.8. The maximum Gasteiger partial charge on any atom is 0.155 e. The summed E-state index contributed by atoms with van der Waals surface area (Å²) < 4.78 is 0. The van der Waals surface area contributed by atoms with Gasteiger partial charge >= 0.3 is 0 Å². The van der Waals surface area contributed by atoms with Crippen LogP contribution in [0, 0.1) is 11.8 Å². The molecule has 0 bridgehead atoms. The molecule has 0 aliphatic heterocycles. The molecule has 0 spiro atoms. The summed E-state index contributed by atoms with van der Waals surface area (Å²) in [6, 6.07) is 0. The zero-order valence-electron chi connectivity index (χ0n) is 9.70. The number of carbonyl (C=O) groups excluding carboxylic acids is 1. The Morgan fingerprint density at radius 3 is 2.80 bits per heavy atom. The Hall–Kier alpha value is -1.11. The van der Waals surface area contributed by atoms with Gasteiger partial charge in [-0.05, 0) is 30.8 Å². The van der Waals surface area contributed by atoms with Crippen LogP contribution in [0.25, 0.3) is 0 Å². The summed E-state index contributed by atoms with van der Waals surface area (Å²) >= 11 is 0. The molecule has 1 heteroatoms. The molecule has 0 aromatic carbocycles. The first-order chi connectivity index (χ1) is 7.09. The van der Waals surface area contributed by atoms with Gasteiger partial charge < -0.3 is 0 Å². The lowest BCUT2D eigenvalue weighted by atomic mass is 9.89. The molecule has 0 radical (unpaired) electrons. The summed E-state index contributed by atoms with van der Waals surface area (Å²) in [6.07, 6.45) is 10.3. The fourth-order valence-electron chi connectivity index (χ4n) is 1.71. The molecule has 0 saturated carbocycles. The minimum atomic E-state index is 0.240. The Labute approximate surface area is 92.6 Å². The van der Waals surface area contributed by atoms with Crippen molar-refractivity contribution in [2.75, 3.05) is 0 Å². The third-order valence-corrected chi connectivity index (χ3v) is 2.84. The standard InChI is InChI=1S/C14H20O/c1-11(2)13-8-7-12(3)5-4-6-14(15)10-9-13/h4,6-8,11,13H,3,5,9-10H2,1-2H3/b6-4-,8-7-/t13-/m1/s1. The maximum absolute atomic E-state index is 11.4. The molecule has 1 aliphatic rings. The van der Waals surface area contributed by atoms with Crippen molar-refractivity contribution < 1.29 is 4.79 Å². The predicted octanol–water partition coefficient (Wildman–Crippen LogP) is 3.68. The first-order valence-corrected chi connectivity index (χ1v) is 5.65. The quantitative estimate of drug-likeness (QED) is 0.636. The summed E-state index contributed by atoms with van der Waals surface area (Å²) in [5.74, 6) is 1.33. The molecule has 0 fully saturated rings. The summed E-state index contributed by atoms with van der Waals surface area (Å²) in [7, 11) is 0. The average Bonchev–Trinajstić information content (AvgIpc) is 2.16. The monoisotopic (exact) mass is 204 g/mol. The first-order valence-electron chi connectivity index (χ1n) is 5.65. The van der Waals surface area contributed by atoms with Crippen molar-refractivity contribution in [2.24, 2.45) is 11.8 Å². The number of ketones is 1. The van der Waals surface area contributed by atoms with Crippen molar-refractivity contribution in [1.82, 2.24) is 0 Å². The number of hydrogen-bond donors (Lipinski definition) is 0. The van der Waals surface area contributed by atoms with Crippen LogP contribution in [-0.4, -0.2) is 5.78 Å². The van der Waals surface area contributed by atoms with Crippen LogP contribution in [0.15, 0.2) is 36.5 Å². The molecule has 0 aromatic heterocycles. The molecule has 0 heterocycles. The van der Waals surface area contributed by atoms with E-state index in [9.17, 15) is 4.79 Å². The number of allylic oxidation sites excluding steroid dienone is 5. The van der Waals surface area contributed by atoms with Crippen LogP contribution in [0.2, 0.25) is 0 Å². The lowest BCUT2D eigenvalue weighted by molar-refractivity contribution is -0.114. The van der Waals surface area contributed by atoms with E-state index in [0.29, 0.717) is 18.3 Å². The lowest BCUT2D eigenvalue weighted by Gasteiger charge is -2.16. The highest BCUT2D eigenvalue weighted by molar-refractivity contribution is 5.89. The van der Waals surface area contributed by atoms with E-state index in [-0.39, 0.29) is 5.78 Å². The van der Waals surface area contributed by atoms with Gasteiger partial charge in [0.2, 0.25) is 0 Å². The summed E-state index contributed by atoms with van der Waals surface area (Å²) in [5, 5.41) is 0. The van der Waals surface area contributed by atoms with Crippen LogP contribution in [-0.2, 0) is 4.79 Å². The van der Waals surface area contributed by atoms with Gasteiger partial charge in [-0.2, -0.15) is 0 Å². The Balaban J connectivity index is 2.74. The molecule has 1 nitrogen and oxygen atoms in total. The topological polar surface area (TPSA) is 17.1 Å². The second kappa shape index (κ2) is 5.69. The van der Waals surface area contributed by atoms with E-state index in [1.54, 1.807) is 6.08 Å². The molecular formula is C14H20O. The van der Waals surface area contributed by atoms with Gasteiger partial charge in [0.15, 0.2) is 5.78 Å². The van der Waals surface area contributed by atoms with E-state index in [2.05, 4.69) is 32.6 Å². The van der Waals surface area contributed by atoms with E-state index < -0.39 is 0 Å². The Morgan fingerprint density at radius 2 is 2.13 bits per heavy atom. The van der Waals surface area contributed by atoms with E-state index in [0.717, 1.165) is 18.4 Å². The second-order valence-corrected chi connectivity index (χ2v) is 4.54. The third kappa shape index (κ3) is 4.28. The molecular weight excluding hydrogens is 184 g/mol. The molecule has 0 amide bonds. The van der Waals surface area contributed by atoms with Gasteiger partial charge in [-0.25, -0.2) is 0 Å². The smallest absolute Gasteiger partial charge is 0.155 e. The molecule has 0 N–H and O–H groups in total. The van der Waals surface area contributed by atoms with Gasteiger partial charge in [-0.3, -0.25) is 4.79 Å². The zero-order valence-corrected chi connectivity index (χ0v) is 9.70. The molecule has 82 valence electrons. The molecule has 1 rings (SSSR count). The van der Waals surface area contributed by atoms with E-state index in [1.165, 1.54) is 0 Å². The Bertz CT molecular complexity index is 294. The van der Waals surface area contributed by atoms with Crippen molar-refractivity contribution in [2.45, 2.75) is 33.1 Å². The zero-order chi connectivity index (χ0) is 11.3. The predicted molar refractivity (Wildman–Crippen MR) is 64.6 cm³/mol. The SMILES string of the molecule is C=C1/C=C\[C@@H](C(C)C)CCC(=O)/C=C\C1. The van der Waals surface area contributed by atoms with E-state index >= 15 is 0 Å². The van der Waals surface area contributed by atoms with E-state index in [4.69, 9.17) is 0 Å². The van der Waals surface area contributed by atoms with Crippen LogP contribution >= 0.6 is 0 Å². The van der Waals surface area contributed by atoms with Crippen LogP contribution in [0.5, 0.6) is 0 Å². The van der Waals surface area contributed by atoms with Gasteiger partial charge in [-0.1, -0.05) is 44.2 Å². The van der Waals surface area contributed by atoms with Gasteiger partial charge in [0.05, 0.1) is 0 Å². The Morgan fingerprint density at radius 1 is 1.40 bits per heavy atom. The average molecular weight is 204 g/mol. The minimum Gasteiger partial charge on any atom is -0.295 e. The second-order valence-electron chi connectivity index (χ2n) is 4.54. The molecule has 0 aromatic rings. The maximum atomic E-state index is 11.4. The highest BCUT2D eigenvalue weighted by Gasteiger charge is 2.11.